The summed E-state index contributed by atoms with van der Waals surface area (Å²) in [5.41, 5.74) is 2.85. The van der Waals surface area contributed by atoms with E-state index in [0.29, 0.717) is 11.4 Å². The van der Waals surface area contributed by atoms with Crippen molar-refractivity contribution >= 4 is 28.7 Å². The molecule has 0 unspecified atom stereocenters. The van der Waals surface area contributed by atoms with E-state index in [9.17, 15) is 9.90 Å². The van der Waals surface area contributed by atoms with Gasteiger partial charge in [0, 0.05) is 36.4 Å². The number of hydrogen-bond donors (Lipinski definition) is 2. The summed E-state index contributed by atoms with van der Waals surface area (Å²) in [7, 11) is 1.87. The molecule has 24 heavy (non-hydrogen) atoms. The number of rotatable bonds is 3. The van der Waals surface area contributed by atoms with E-state index in [1.165, 1.54) is 0 Å². The average molecular weight is 317 g/mol. The molecule has 118 valence electrons. The Morgan fingerprint density at radius 3 is 2.79 bits per heavy atom. The number of nitrogens with zero attached hydrogens (tertiary/aromatic N) is 2. The zero-order valence-electron chi connectivity index (χ0n) is 13.0. The van der Waals surface area contributed by atoms with E-state index in [1.54, 1.807) is 42.7 Å². The zero-order valence-corrected chi connectivity index (χ0v) is 13.0. The van der Waals surface area contributed by atoms with Crippen LogP contribution in [0.1, 0.15) is 21.7 Å². The van der Waals surface area contributed by atoms with Crippen LogP contribution in [0.2, 0.25) is 0 Å². The Bertz CT molecular complexity index is 1010. The lowest BCUT2D eigenvalue weighted by Gasteiger charge is -2.13. The van der Waals surface area contributed by atoms with Gasteiger partial charge in [0.05, 0.1) is 11.4 Å². The summed E-state index contributed by atoms with van der Waals surface area (Å²) < 4.78 is 1.84. The number of hydrogen-bond acceptors (Lipinski definition) is 4. The number of aryl methyl sites for hydroxylation is 1. The highest BCUT2D eigenvalue weighted by Gasteiger charge is 2.25. The van der Waals surface area contributed by atoms with Crippen LogP contribution in [0.4, 0.5) is 0 Å². The minimum absolute atomic E-state index is 0.0524. The van der Waals surface area contributed by atoms with Crippen LogP contribution in [-0.4, -0.2) is 20.4 Å². The Kier molecular flexibility index (Phi) is 3.20. The predicted octanol–water partition coefficient (Wildman–Crippen LogP) is 3.08. The number of phenols is 1. The number of ketones is 1. The van der Waals surface area contributed by atoms with Gasteiger partial charge in [0.2, 0.25) is 5.78 Å². The fourth-order valence-corrected chi connectivity index (χ4v) is 2.94. The lowest BCUT2D eigenvalue weighted by atomic mass is 10.0. The van der Waals surface area contributed by atoms with Crippen molar-refractivity contribution in [1.29, 1.82) is 0 Å². The van der Waals surface area contributed by atoms with Gasteiger partial charge in [0.1, 0.15) is 11.4 Å². The molecule has 1 aliphatic carbocycles. The largest absolute Gasteiger partial charge is 0.508 e. The van der Waals surface area contributed by atoms with E-state index in [1.807, 2.05) is 30.0 Å². The molecule has 0 bridgehead atoms. The summed E-state index contributed by atoms with van der Waals surface area (Å²) in [6.07, 6.45) is 9.01. The second-order valence-corrected chi connectivity index (χ2v) is 5.71. The summed E-state index contributed by atoms with van der Waals surface area (Å²) >= 11 is 0. The quantitative estimate of drug-likeness (QED) is 0.779. The Hall–Kier alpha value is -3.34. The minimum Gasteiger partial charge on any atom is -0.508 e. The monoisotopic (exact) mass is 317 g/mol. The van der Waals surface area contributed by atoms with Crippen molar-refractivity contribution in [3.05, 3.63) is 71.6 Å². The fraction of sp³-hybridized carbons (Fsp3) is 0.0526. The van der Waals surface area contributed by atoms with Crippen LogP contribution in [0.25, 0.3) is 22.9 Å². The highest BCUT2D eigenvalue weighted by atomic mass is 16.3. The zero-order chi connectivity index (χ0) is 16.7. The standard InChI is InChI=1S/C19H15N3O2/c1-22-11-13-7-9-20-15-10-16(19(24)18(22)17(13)15)21-8-6-12-2-4-14(23)5-3-12/h2-11,21,23H,1H3. The number of allylic oxidation sites excluding steroid dienone is 1. The molecule has 0 aliphatic heterocycles. The molecule has 0 spiro atoms. The third-order valence-corrected chi connectivity index (χ3v) is 4.08. The van der Waals surface area contributed by atoms with E-state index in [2.05, 4.69) is 10.3 Å². The van der Waals surface area contributed by atoms with Crippen molar-refractivity contribution in [3.8, 4) is 5.75 Å². The van der Waals surface area contributed by atoms with Crippen molar-refractivity contribution in [1.82, 2.24) is 14.9 Å². The highest BCUT2D eigenvalue weighted by Crippen LogP contribution is 2.30. The van der Waals surface area contributed by atoms with E-state index < -0.39 is 0 Å². The number of carbonyl (C=O) groups is 1. The van der Waals surface area contributed by atoms with Crippen molar-refractivity contribution in [2.24, 2.45) is 7.05 Å². The maximum Gasteiger partial charge on any atom is 0.226 e. The molecule has 0 saturated heterocycles. The second-order valence-electron chi connectivity index (χ2n) is 5.71. The average Bonchev–Trinajstić information content (AvgIpc) is 2.91. The Morgan fingerprint density at radius 1 is 1.21 bits per heavy atom. The molecule has 5 heteroatoms. The molecule has 0 amide bonds. The van der Waals surface area contributed by atoms with Crippen molar-refractivity contribution in [3.63, 3.8) is 0 Å². The molecular weight excluding hydrogens is 302 g/mol. The SMILES string of the molecule is Cn1cc2ccnc3c2c1C(=O)C(NC=Cc1ccc(O)cc1)=C3. The fourth-order valence-electron chi connectivity index (χ4n) is 2.94. The maximum absolute atomic E-state index is 12.7. The normalized spacial score (nSPS) is 13.5. The van der Waals surface area contributed by atoms with E-state index in [0.717, 1.165) is 22.0 Å². The van der Waals surface area contributed by atoms with Gasteiger partial charge >= 0.3 is 0 Å². The molecule has 5 nitrogen and oxygen atoms in total. The number of carbonyl (C=O) groups excluding carboxylic acids is 1. The lowest BCUT2D eigenvalue weighted by molar-refractivity contribution is 0.102. The van der Waals surface area contributed by atoms with Crippen LogP contribution >= 0.6 is 0 Å². The maximum atomic E-state index is 12.7. The van der Waals surface area contributed by atoms with Gasteiger partial charge in [-0.2, -0.15) is 0 Å². The molecule has 2 heterocycles. The van der Waals surface area contributed by atoms with E-state index in [4.69, 9.17) is 0 Å². The first kappa shape index (κ1) is 14.3. The minimum atomic E-state index is -0.0524. The first-order valence-electron chi connectivity index (χ1n) is 7.56. The molecule has 1 aromatic carbocycles. The summed E-state index contributed by atoms with van der Waals surface area (Å²) in [6.45, 7) is 0. The summed E-state index contributed by atoms with van der Waals surface area (Å²) in [4.78, 5) is 17.1. The van der Waals surface area contributed by atoms with Crippen LogP contribution in [0.5, 0.6) is 5.75 Å². The van der Waals surface area contributed by atoms with E-state index >= 15 is 0 Å². The number of pyridine rings is 1. The number of benzene rings is 1. The van der Waals surface area contributed by atoms with Crippen molar-refractivity contribution in [2.45, 2.75) is 0 Å². The van der Waals surface area contributed by atoms with Gasteiger partial charge in [-0.25, -0.2) is 0 Å². The van der Waals surface area contributed by atoms with Gasteiger partial charge in [0.25, 0.3) is 0 Å². The molecular formula is C19H15N3O2. The number of aromatic nitrogens is 2. The van der Waals surface area contributed by atoms with Crippen molar-refractivity contribution in [2.75, 3.05) is 0 Å². The van der Waals surface area contributed by atoms with Gasteiger partial charge in [-0.1, -0.05) is 12.1 Å². The first-order valence-corrected chi connectivity index (χ1v) is 7.56. The Balaban J connectivity index is 1.65. The lowest BCUT2D eigenvalue weighted by Crippen LogP contribution is -2.20. The molecule has 2 aromatic heterocycles. The molecule has 3 aromatic rings. The number of Topliss-reactive ketones (excluding diaryl/α,β-unsaturated/α-hetero) is 1. The number of aromatic hydroxyl groups is 1. The van der Waals surface area contributed by atoms with Crippen LogP contribution in [0.3, 0.4) is 0 Å². The van der Waals surface area contributed by atoms with Gasteiger partial charge in [0.15, 0.2) is 0 Å². The number of nitrogens with one attached hydrogen (secondary N) is 1. The predicted molar refractivity (Wildman–Crippen MR) is 93.3 cm³/mol. The molecule has 0 fully saturated rings. The topological polar surface area (TPSA) is 67.2 Å². The van der Waals surface area contributed by atoms with Gasteiger partial charge in [-0.3, -0.25) is 9.78 Å². The van der Waals surface area contributed by atoms with E-state index in [-0.39, 0.29) is 11.5 Å². The van der Waals surface area contributed by atoms with Crippen LogP contribution < -0.4 is 5.32 Å². The first-order chi connectivity index (χ1) is 11.6. The number of phenolic OH excluding ortho intramolecular Hbond substituents is 1. The third kappa shape index (κ3) is 2.27. The molecule has 2 N–H and O–H groups in total. The van der Waals surface area contributed by atoms with Gasteiger partial charge < -0.3 is 15.0 Å². The van der Waals surface area contributed by atoms with Crippen molar-refractivity contribution < 1.29 is 9.90 Å². The van der Waals surface area contributed by atoms with Gasteiger partial charge in [-0.05, 0) is 35.9 Å². The highest BCUT2D eigenvalue weighted by molar-refractivity contribution is 6.21. The van der Waals surface area contributed by atoms with Gasteiger partial charge in [-0.15, -0.1) is 0 Å². The Labute approximate surface area is 138 Å². The summed E-state index contributed by atoms with van der Waals surface area (Å²) in [6, 6.07) is 8.73. The summed E-state index contributed by atoms with van der Waals surface area (Å²) in [5, 5.41) is 14.3. The smallest absolute Gasteiger partial charge is 0.226 e. The molecule has 0 atom stereocenters. The van der Waals surface area contributed by atoms with Crippen LogP contribution in [0.15, 0.2) is 54.6 Å². The second kappa shape index (κ2) is 5.38. The third-order valence-electron chi connectivity index (χ3n) is 4.08. The molecule has 0 saturated carbocycles. The van der Waals surface area contributed by atoms with Crippen LogP contribution in [0, 0.1) is 0 Å². The molecule has 4 rings (SSSR count). The van der Waals surface area contributed by atoms with Crippen LogP contribution in [-0.2, 0) is 7.05 Å². The summed E-state index contributed by atoms with van der Waals surface area (Å²) in [5.74, 6) is 0.170. The molecule has 0 radical (unpaired) electrons. The molecule has 1 aliphatic rings. The Morgan fingerprint density at radius 2 is 2.00 bits per heavy atom.